The number of carboxylic acids is 1. The second kappa shape index (κ2) is 6.32. The van der Waals surface area contributed by atoms with Gasteiger partial charge in [0.25, 0.3) is 0 Å². The van der Waals surface area contributed by atoms with Crippen molar-refractivity contribution >= 4 is 17.9 Å². The van der Waals surface area contributed by atoms with E-state index in [0.717, 1.165) is 12.8 Å². The Morgan fingerprint density at radius 2 is 1.76 bits per heavy atom. The fraction of sp³-hybridized carbons (Fsp3) is 0.786. The number of likely N-dealkylation sites (tertiary alicyclic amines) is 2. The largest absolute Gasteiger partial charge is 0.481 e. The molecule has 0 aliphatic carbocycles. The predicted octanol–water partition coefficient (Wildman–Crippen LogP) is 0.346. The van der Waals surface area contributed by atoms with Gasteiger partial charge in [-0.15, -0.1) is 0 Å². The maximum Gasteiger partial charge on any atom is 0.320 e. The SMILES string of the molecule is CC(C(=O)O)C1CN(C(=O)N2CCC(CC(N)=O)CC2)C1. The van der Waals surface area contributed by atoms with Gasteiger partial charge in [0.05, 0.1) is 5.92 Å². The minimum absolute atomic E-state index is 0.0126. The highest BCUT2D eigenvalue weighted by atomic mass is 16.4. The molecule has 2 heterocycles. The molecule has 2 fully saturated rings. The lowest BCUT2D eigenvalue weighted by Gasteiger charge is -2.44. The molecule has 2 aliphatic heterocycles. The van der Waals surface area contributed by atoms with Crippen LogP contribution < -0.4 is 5.73 Å². The second-order valence-corrected chi connectivity index (χ2v) is 6.18. The van der Waals surface area contributed by atoms with Crippen LogP contribution in [0.1, 0.15) is 26.2 Å². The van der Waals surface area contributed by atoms with Crippen molar-refractivity contribution in [3.8, 4) is 0 Å². The molecule has 1 atom stereocenters. The summed E-state index contributed by atoms with van der Waals surface area (Å²) in [5.41, 5.74) is 5.19. The summed E-state index contributed by atoms with van der Waals surface area (Å²) in [5.74, 6) is -1.16. The van der Waals surface area contributed by atoms with Crippen LogP contribution in [-0.2, 0) is 9.59 Å². The van der Waals surface area contributed by atoms with E-state index in [4.69, 9.17) is 10.8 Å². The van der Waals surface area contributed by atoms with E-state index in [0.29, 0.717) is 32.6 Å². The average Bonchev–Trinajstić information content (AvgIpc) is 2.36. The van der Waals surface area contributed by atoms with Crippen LogP contribution in [0.5, 0.6) is 0 Å². The third kappa shape index (κ3) is 3.65. The van der Waals surface area contributed by atoms with Gasteiger partial charge in [-0.1, -0.05) is 6.92 Å². The molecule has 7 nitrogen and oxygen atoms in total. The third-order valence-corrected chi connectivity index (χ3v) is 4.65. The average molecular weight is 297 g/mol. The predicted molar refractivity (Wildman–Crippen MR) is 75.4 cm³/mol. The van der Waals surface area contributed by atoms with Gasteiger partial charge >= 0.3 is 12.0 Å². The topological polar surface area (TPSA) is 104 Å². The zero-order valence-corrected chi connectivity index (χ0v) is 12.3. The zero-order chi connectivity index (χ0) is 15.6. The van der Waals surface area contributed by atoms with Gasteiger partial charge in [0.2, 0.25) is 5.91 Å². The summed E-state index contributed by atoms with van der Waals surface area (Å²) in [5, 5.41) is 8.94. The normalized spacial score (nSPS) is 21.8. The zero-order valence-electron chi connectivity index (χ0n) is 12.3. The van der Waals surface area contributed by atoms with E-state index in [1.807, 2.05) is 0 Å². The molecule has 0 radical (unpaired) electrons. The van der Waals surface area contributed by atoms with Crippen LogP contribution in [0, 0.1) is 17.8 Å². The number of hydrogen-bond acceptors (Lipinski definition) is 3. The Hall–Kier alpha value is -1.79. The fourth-order valence-electron chi connectivity index (χ4n) is 3.00. The number of nitrogens with two attached hydrogens (primary N) is 1. The summed E-state index contributed by atoms with van der Waals surface area (Å²) in [6.07, 6.45) is 2.00. The summed E-state index contributed by atoms with van der Waals surface area (Å²) < 4.78 is 0. The summed E-state index contributed by atoms with van der Waals surface area (Å²) >= 11 is 0. The Morgan fingerprint density at radius 3 is 2.24 bits per heavy atom. The standard InChI is InChI=1S/C14H23N3O4/c1-9(13(19)20)11-7-17(8-11)14(21)16-4-2-10(3-5-16)6-12(15)18/h9-11H,2-8H2,1H3,(H2,15,18)(H,19,20). The van der Waals surface area contributed by atoms with Gasteiger partial charge in [-0.25, -0.2) is 4.79 Å². The van der Waals surface area contributed by atoms with E-state index in [1.54, 1.807) is 16.7 Å². The maximum absolute atomic E-state index is 12.3. The lowest BCUT2D eigenvalue weighted by atomic mass is 9.87. The van der Waals surface area contributed by atoms with Crippen LogP contribution >= 0.6 is 0 Å². The van der Waals surface area contributed by atoms with Crippen LogP contribution in [0.25, 0.3) is 0 Å². The number of hydrogen-bond donors (Lipinski definition) is 2. The number of carboxylic acid groups (broad SMARTS) is 1. The van der Waals surface area contributed by atoms with Crippen molar-refractivity contribution in [3.63, 3.8) is 0 Å². The molecule has 2 aliphatic rings. The highest BCUT2D eigenvalue weighted by Gasteiger charge is 2.39. The number of amides is 3. The first kappa shape index (κ1) is 15.6. The molecule has 2 saturated heterocycles. The Labute approximate surface area is 124 Å². The lowest BCUT2D eigenvalue weighted by molar-refractivity contribution is -0.145. The van der Waals surface area contributed by atoms with Crippen molar-refractivity contribution in [1.82, 2.24) is 9.80 Å². The van der Waals surface area contributed by atoms with Gasteiger partial charge in [0.1, 0.15) is 0 Å². The molecule has 3 N–H and O–H groups in total. The van der Waals surface area contributed by atoms with E-state index in [-0.39, 0.29) is 23.8 Å². The number of rotatable bonds is 4. The molecule has 1 unspecified atom stereocenters. The number of urea groups is 1. The smallest absolute Gasteiger partial charge is 0.320 e. The van der Waals surface area contributed by atoms with Crippen molar-refractivity contribution in [2.45, 2.75) is 26.2 Å². The molecule has 0 bridgehead atoms. The third-order valence-electron chi connectivity index (χ3n) is 4.65. The monoisotopic (exact) mass is 297 g/mol. The summed E-state index contributed by atoms with van der Waals surface area (Å²) in [4.78, 5) is 37.5. The first-order valence-corrected chi connectivity index (χ1v) is 7.43. The van der Waals surface area contributed by atoms with E-state index in [9.17, 15) is 14.4 Å². The van der Waals surface area contributed by atoms with E-state index >= 15 is 0 Å². The lowest BCUT2D eigenvalue weighted by Crippen LogP contribution is -2.58. The number of carbonyl (C=O) groups is 3. The van der Waals surface area contributed by atoms with Gasteiger partial charge in [-0.2, -0.15) is 0 Å². The molecule has 2 rings (SSSR count). The highest BCUT2D eigenvalue weighted by molar-refractivity contribution is 5.77. The van der Waals surface area contributed by atoms with Crippen molar-refractivity contribution in [1.29, 1.82) is 0 Å². The Kier molecular flexibility index (Phi) is 4.69. The number of piperidine rings is 1. The van der Waals surface area contributed by atoms with Crippen LogP contribution in [0.2, 0.25) is 0 Å². The van der Waals surface area contributed by atoms with Gasteiger partial charge in [-0.3, -0.25) is 9.59 Å². The van der Waals surface area contributed by atoms with E-state index in [2.05, 4.69) is 0 Å². The van der Waals surface area contributed by atoms with Gasteiger partial charge in [0, 0.05) is 38.5 Å². The number of primary amides is 1. The highest BCUT2D eigenvalue weighted by Crippen LogP contribution is 2.27. The van der Waals surface area contributed by atoms with Crippen molar-refractivity contribution < 1.29 is 19.5 Å². The van der Waals surface area contributed by atoms with Gasteiger partial charge < -0.3 is 20.6 Å². The van der Waals surface area contributed by atoms with Crippen molar-refractivity contribution in [2.24, 2.45) is 23.5 Å². The number of aliphatic carboxylic acids is 1. The second-order valence-electron chi connectivity index (χ2n) is 6.18. The summed E-state index contributed by atoms with van der Waals surface area (Å²) in [6, 6.07) is -0.0126. The van der Waals surface area contributed by atoms with Crippen LogP contribution in [-0.4, -0.2) is 59.0 Å². The fourth-order valence-corrected chi connectivity index (χ4v) is 3.00. The molecular weight excluding hydrogens is 274 g/mol. The summed E-state index contributed by atoms with van der Waals surface area (Å²) in [7, 11) is 0. The molecule has 3 amide bonds. The minimum Gasteiger partial charge on any atom is -0.481 e. The number of nitrogens with zero attached hydrogens (tertiary/aromatic N) is 2. The Morgan fingerprint density at radius 1 is 1.19 bits per heavy atom. The quantitative estimate of drug-likeness (QED) is 0.781. The number of carbonyl (C=O) groups excluding carboxylic acids is 2. The first-order chi connectivity index (χ1) is 9.88. The van der Waals surface area contributed by atoms with Crippen molar-refractivity contribution in [2.75, 3.05) is 26.2 Å². The van der Waals surface area contributed by atoms with E-state index in [1.165, 1.54) is 0 Å². The molecule has 0 spiro atoms. The molecule has 0 aromatic carbocycles. The molecule has 0 aromatic heterocycles. The van der Waals surface area contributed by atoms with Crippen LogP contribution in [0.15, 0.2) is 0 Å². The molecule has 0 aromatic rings. The van der Waals surface area contributed by atoms with Crippen LogP contribution in [0.3, 0.4) is 0 Å². The van der Waals surface area contributed by atoms with Gasteiger partial charge in [-0.05, 0) is 18.8 Å². The van der Waals surface area contributed by atoms with Crippen molar-refractivity contribution in [3.05, 3.63) is 0 Å². The summed E-state index contributed by atoms with van der Waals surface area (Å²) in [6.45, 7) is 4.02. The maximum atomic E-state index is 12.3. The molecule has 0 saturated carbocycles. The molecular formula is C14H23N3O4. The Bertz CT molecular complexity index is 426. The van der Waals surface area contributed by atoms with Crippen LogP contribution in [0.4, 0.5) is 4.79 Å². The minimum atomic E-state index is -0.806. The van der Waals surface area contributed by atoms with E-state index < -0.39 is 11.9 Å². The first-order valence-electron chi connectivity index (χ1n) is 7.43. The molecule has 118 valence electrons. The molecule has 21 heavy (non-hydrogen) atoms. The van der Waals surface area contributed by atoms with Gasteiger partial charge in [0.15, 0.2) is 0 Å². The Balaban J connectivity index is 1.74. The molecule has 7 heteroatoms.